The number of benzene rings is 2. The summed E-state index contributed by atoms with van der Waals surface area (Å²) in [7, 11) is 0.209. The molecule has 0 fully saturated rings. The molecule has 0 saturated heterocycles. The number of aliphatic hydroxyl groups is 1. The van der Waals surface area contributed by atoms with Crippen molar-refractivity contribution in [2.45, 2.75) is 108 Å². The Morgan fingerprint density at radius 1 is 0.950 bits per heavy atom. The van der Waals surface area contributed by atoms with Gasteiger partial charge < -0.3 is 15.3 Å². The van der Waals surface area contributed by atoms with Crippen molar-refractivity contribution in [3.8, 4) is 0 Å². The third-order valence-electron chi connectivity index (χ3n) is 8.44. The number of nitrogens with zero attached hydrogens (tertiary/aromatic N) is 1. The highest BCUT2D eigenvalue weighted by atomic mass is 32.2. The van der Waals surface area contributed by atoms with E-state index in [1.54, 1.807) is 6.07 Å². The molecular weight excluding hydrogens is 520 g/mol. The number of unbranched alkanes of at least 4 members (excludes halogenated alkanes) is 5. The predicted octanol–water partition coefficient (Wildman–Crippen LogP) is 7.31. The zero-order valence-corrected chi connectivity index (χ0v) is 26.0. The number of carbonyl (C=O) groups is 1. The molecule has 7 heteroatoms. The molecular formula is C33H50N2O4S. The number of anilines is 2. The summed E-state index contributed by atoms with van der Waals surface area (Å²) in [6.07, 6.45) is 8.62. The standard InChI is InChI=1S/C33H50N2O4S/c1-6-9-12-13-17-30(36)34-26-16-14-15-25(22-26)31-28-23-27(35(4)5)18-19-29(28)40(38,39)24-33(32(31)37,20-10-7-2)21-11-8-3/h14-16,18-19,22-23,31-32,37H,6-13,17,20-21,24H2,1-5H3,(H,34,36)/t31-,32?/m1/s1. The third-order valence-corrected chi connectivity index (χ3v) is 10.4. The normalized spacial score (nSPS) is 19.4. The lowest BCUT2D eigenvalue weighted by Crippen LogP contribution is -2.43. The van der Waals surface area contributed by atoms with Crippen molar-refractivity contribution in [1.82, 2.24) is 0 Å². The summed E-state index contributed by atoms with van der Waals surface area (Å²) in [4.78, 5) is 14.9. The highest BCUT2D eigenvalue weighted by molar-refractivity contribution is 7.91. The Hall–Kier alpha value is -2.38. The van der Waals surface area contributed by atoms with E-state index in [0.29, 0.717) is 35.4 Å². The lowest BCUT2D eigenvalue weighted by molar-refractivity contribution is -0.116. The molecule has 1 amide bonds. The summed E-state index contributed by atoms with van der Waals surface area (Å²) in [6.45, 7) is 6.36. The summed E-state index contributed by atoms with van der Waals surface area (Å²) in [6, 6.07) is 13.1. The Balaban J connectivity index is 2.13. The molecule has 6 nitrogen and oxygen atoms in total. The minimum atomic E-state index is -3.66. The first kappa shape index (κ1) is 32.1. The number of aliphatic hydroxyl groups excluding tert-OH is 1. The van der Waals surface area contributed by atoms with Crippen LogP contribution in [0.25, 0.3) is 0 Å². The first-order valence-corrected chi connectivity index (χ1v) is 16.9. The van der Waals surface area contributed by atoms with Crippen LogP contribution in [0.1, 0.15) is 108 Å². The van der Waals surface area contributed by atoms with Gasteiger partial charge in [0, 0.05) is 43.2 Å². The monoisotopic (exact) mass is 570 g/mol. The van der Waals surface area contributed by atoms with E-state index in [4.69, 9.17) is 0 Å². The lowest BCUT2D eigenvalue weighted by Gasteiger charge is -2.40. The van der Waals surface area contributed by atoms with E-state index in [1.165, 1.54) is 0 Å². The van der Waals surface area contributed by atoms with Crippen molar-refractivity contribution >= 4 is 27.1 Å². The largest absolute Gasteiger partial charge is 0.392 e. The van der Waals surface area contributed by atoms with Crippen molar-refractivity contribution in [3.63, 3.8) is 0 Å². The summed E-state index contributed by atoms with van der Waals surface area (Å²) in [5.74, 6) is -0.616. The Morgan fingerprint density at radius 3 is 2.25 bits per heavy atom. The Kier molecular flexibility index (Phi) is 11.6. The minimum absolute atomic E-state index is 0.0206. The number of amides is 1. The second-order valence-electron chi connectivity index (χ2n) is 11.9. The van der Waals surface area contributed by atoms with Crippen LogP contribution in [0, 0.1) is 5.41 Å². The lowest BCUT2D eigenvalue weighted by atomic mass is 9.68. The SMILES string of the molecule is CCCCCCC(=O)Nc1cccc([C@@H]2c3cc(N(C)C)ccc3S(=O)(=O)CC(CCCC)(CCCC)C2O)c1. The molecule has 0 aliphatic carbocycles. The fourth-order valence-corrected chi connectivity index (χ4v) is 8.33. The van der Waals surface area contributed by atoms with E-state index >= 15 is 0 Å². The van der Waals surface area contributed by atoms with Crippen LogP contribution in [0.4, 0.5) is 11.4 Å². The number of carbonyl (C=O) groups excluding carboxylic acids is 1. The van der Waals surface area contributed by atoms with Gasteiger partial charge >= 0.3 is 0 Å². The molecule has 1 aliphatic heterocycles. The third kappa shape index (κ3) is 7.67. The molecule has 0 radical (unpaired) electrons. The molecule has 2 aromatic rings. The molecule has 0 bridgehead atoms. The van der Waals surface area contributed by atoms with Gasteiger partial charge in [-0.15, -0.1) is 0 Å². The number of nitrogens with one attached hydrogen (secondary N) is 1. The number of hydrogen-bond acceptors (Lipinski definition) is 5. The van der Waals surface area contributed by atoms with Gasteiger partial charge in [-0.3, -0.25) is 4.79 Å². The molecule has 3 rings (SSSR count). The van der Waals surface area contributed by atoms with Crippen LogP contribution < -0.4 is 10.2 Å². The maximum Gasteiger partial charge on any atom is 0.224 e. The van der Waals surface area contributed by atoms with E-state index in [9.17, 15) is 18.3 Å². The topological polar surface area (TPSA) is 86.7 Å². The molecule has 40 heavy (non-hydrogen) atoms. The maximum absolute atomic E-state index is 14.0. The molecule has 1 heterocycles. The molecule has 2 N–H and O–H groups in total. The first-order valence-electron chi connectivity index (χ1n) is 15.2. The van der Waals surface area contributed by atoms with Gasteiger partial charge in [-0.1, -0.05) is 77.8 Å². The molecule has 0 aromatic heterocycles. The first-order chi connectivity index (χ1) is 19.1. The van der Waals surface area contributed by atoms with E-state index in [2.05, 4.69) is 26.1 Å². The van der Waals surface area contributed by atoms with Crippen molar-refractivity contribution in [2.24, 2.45) is 5.41 Å². The molecule has 222 valence electrons. The van der Waals surface area contributed by atoms with Gasteiger partial charge in [-0.05, 0) is 60.7 Å². The van der Waals surface area contributed by atoms with Gasteiger partial charge in [0.2, 0.25) is 5.91 Å². The van der Waals surface area contributed by atoms with Gasteiger partial charge in [-0.2, -0.15) is 0 Å². The van der Waals surface area contributed by atoms with Gasteiger partial charge in [0.15, 0.2) is 9.84 Å². The molecule has 2 aromatic carbocycles. The van der Waals surface area contributed by atoms with Crippen LogP contribution in [-0.4, -0.2) is 45.4 Å². The minimum Gasteiger partial charge on any atom is -0.392 e. The van der Waals surface area contributed by atoms with Gasteiger partial charge in [0.25, 0.3) is 0 Å². The van der Waals surface area contributed by atoms with E-state index < -0.39 is 27.3 Å². The van der Waals surface area contributed by atoms with Crippen LogP contribution in [0.15, 0.2) is 47.4 Å². The van der Waals surface area contributed by atoms with E-state index in [1.807, 2.05) is 55.4 Å². The smallest absolute Gasteiger partial charge is 0.224 e. The fourth-order valence-electron chi connectivity index (χ4n) is 6.14. The van der Waals surface area contributed by atoms with E-state index in [0.717, 1.165) is 62.6 Å². The average Bonchev–Trinajstić information content (AvgIpc) is 2.99. The Bertz CT molecular complexity index is 1220. The van der Waals surface area contributed by atoms with Crippen LogP contribution in [0.5, 0.6) is 0 Å². The van der Waals surface area contributed by atoms with Crippen LogP contribution >= 0.6 is 0 Å². The summed E-state index contributed by atoms with van der Waals surface area (Å²) >= 11 is 0. The average molecular weight is 571 g/mol. The maximum atomic E-state index is 14.0. The van der Waals surface area contributed by atoms with Crippen molar-refractivity contribution in [3.05, 3.63) is 53.6 Å². The molecule has 2 atom stereocenters. The summed E-state index contributed by atoms with van der Waals surface area (Å²) in [5, 5.41) is 15.4. The molecule has 1 aliphatic rings. The number of rotatable bonds is 14. The predicted molar refractivity (Wildman–Crippen MR) is 166 cm³/mol. The number of hydrogen-bond donors (Lipinski definition) is 2. The quantitative estimate of drug-likeness (QED) is 0.233. The Labute approximate surface area is 242 Å². The van der Waals surface area contributed by atoms with Crippen LogP contribution in [0.3, 0.4) is 0 Å². The zero-order valence-electron chi connectivity index (χ0n) is 25.2. The number of fused-ring (bicyclic) bond motifs is 1. The highest BCUT2D eigenvalue weighted by Gasteiger charge is 2.49. The van der Waals surface area contributed by atoms with Gasteiger partial charge in [0.05, 0.1) is 16.8 Å². The second-order valence-corrected chi connectivity index (χ2v) is 13.8. The zero-order chi connectivity index (χ0) is 29.3. The van der Waals surface area contributed by atoms with Crippen LogP contribution in [0.2, 0.25) is 0 Å². The van der Waals surface area contributed by atoms with Gasteiger partial charge in [-0.25, -0.2) is 8.42 Å². The molecule has 0 spiro atoms. The van der Waals surface area contributed by atoms with Crippen molar-refractivity contribution in [2.75, 3.05) is 30.1 Å². The number of sulfone groups is 1. The Morgan fingerprint density at radius 2 is 1.62 bits per heavy atom. The summed E-state index contributed by atoms with van der Waals surface area (Å²) < 4.78 is 28.0. The summed E-state index contributed by atoms with van der Waals surface area (Å²) in [5.41, 5.74) is 2.26. The second kappa shape index (κ2) is 14.5. The van der Waals surface area contributed by atoms with Crippen molar-refractivity contribution < 1.29 is 18.3 Å². The van der Waals surface area contributed by atoms with Crippen LogP contribution in [-0.2, 0) is 14.6 Å². The fraction of sp³-hybridized carbons (Fsp3) is 0.606. The molecule has 0 saturated carbocycles. The van der Waals surface area contributed by atoms with Crippen molar-refractivity contribution in [1.29, 1.82) is 0 Å². The highest BCUT2D eigenvalue weighted by Crippen LogP contribution is 2.50. The van der Waals surface area contributed by atoms with Gasteiger partial charge in [0.1, 0.15) is 0 Å². The van der Waals surface area contributed by atoms with E-state index in [-0.39, 0.29) is 11.7 Å². The molecule has 1 unspecified atom stereocenters.